The number of ether oxygens (including phenoxy) is 2. The van der Waals surface area contributed by atoms with Gasteiger partial charge in [-0.3, -0.25) is 4.79 Å². The third-order valence-electron chi connectivity index (χ3n) is 7.30. The quantitative estimate of drug-likeness (QED) is 0.268. The molecule has 0 saturated carbocycles. The summed E-state index contributed by atoms with van der Waals surface area (Å²) < 4.78 is 24.8. The van der Waals surface area contributed by atoms with Crippen LogP contribution in [0, 0.1) is 12.7 Å². The van der Waals surface area contributed by atoms with E-state index in [0.29, 0.717) is 39.7 Å². The molecule has 1 saturated heterocycles. The van der Waals surface area contributed by atoms with Crippen LogP contribution >= 0.6 is 0 Å². The predicted molar refractivity (Wildman–Crippen MR) is 152 cm³/mol. The van der Waals surface area contributed by atoms with Crippen molar-refractivity contribution in [1.29, 1.82) is 0 Å². The van der Waals surface area contributed by atoms with Gasteiger partial charge in [0.05, 0.1) is 24.5 Å². The molecule has 5 rings (SSSR count). The van der Waals surface area contributed by atoms with Crippen LogP contribution in [0.25, 0.3) is 11.1 Å². The molecular formula is C30H34FN5O4. The van der Waals surface area contributed by atoms with E-state index in [1.165, 1.54) is 12.1 Å². The summed E-state index contributed by atoms with van der Waals surface area (Å²) in [6, 6.07) is 12.1. The van der Waals surface area contributed by atoms with E-state index in [-0.39, 0.29) is 24.0 Å². The van der Waals surface area contributed by atoms with E-state index in [1.807, 2.05) is 18.2 Å². The smallest absolute Gasteiger partial charge is 0.356 e. The summed E-state index contributed by atoms with van der Waals surface area (Å²) in [6.45, 7) is 7.25. The summed E-state index contributed by atoms with van der Waals surface area (Å²) in [5.41, 5.74) is 4.06. The second kappa shape index (κ2) is 12.0. The molecule has 3 aromatic rings. The van der Waals surface area contributed by atoms with E-state index in [1.54, 1.807) is 33.1 Å². The lowest BCUT2D eigenvalue weighted by Crippen LogP contribution is -2.40. The van der Waals surface area contributed by atoms with Crippen molar-refractivity contribution in [2.75, 3.05) is 50.6 Å². The molecular weight excluding hydrogens is 513 g/mol. The number of methoxy groups -OCH3 is 1. The number of likely N-dealkylation sites (tertiary alicyclic amines) is 1. The van der Waals surface area contributed by atoms with Crippen molar-refractivity contribution < 1.29 is 23.5 Å². The number of carbonyl (C=O) groups is 2. The topological polar surface area (TPSA) is 109 Å². The Hall–Kier alpha value is -4.02. The van der Waals surface area contributed by atoms with Gasteiger partial charge in [0, 0.05) is 55.3 Å². The molecule has 0 radical (unpaired) electrons. The van der Waals surface area contributed by atoms with E-state index in [9.17, 15) is 14.0 Å². The van der Waals surface area contributed by atoms with Gasteiger partial charge < -0.3 is 30.0 Å². The number of anilines is 2. The van der Waals surface area contributed by atoms with Crippen LogP contribution in [-0.4, -0.2) is 72.7 Å². The molecule has 3 heterocycles. The van der Waals surface area contributed by atoms with E-state index in [0.717, 1.165) is 44.8 Å². The third-order valence-corrected chi connectivity index (χ3v) is 7.30. The number of hydrogen-bond donors (Lipinski definition) is 3. The number of imidazole rings is 1. The minimum atomic E-state index is -0.543. The molecule has 0 unspecified atom stereocenters. The van der Waals surface area contributed by atoms with Gasteiger partial charge in [0.15, 0.2) is 0 Å². The molecule has 9 nitrogen and oxygen atoms in total. The fourth-order valence-electron chi connectivity index (χ4n) is 5.29. The molecule has 0 bridgehead atoms. The Labute approximate surface area is 232 Å². The molecule has 3 N–H and O–H groups in total. The van der Waals surface area contributed by atoms with Gasteiger partial charge in [0.1, 0.15) is 17.3 Å². The van der Waals surface area contributed by atoms with Crippen LogP contribution in [-0.2, 0) is 14.3 Å². The number of aromatic nitrogens is 2. The van der Waals surface area contributed by atoms with Crippen molar-refractivity contribution in [2.45, 2.75) is 32.7 Å². The Morgan fingerprint density at radius 2 is 2.00 bits per heavy atom. The Bertz CT molecular complexity index is 1440. The summed E-state index contributed by atoms with van der Waals surface area (Å²) in [5, 5.41) is 6.56. The van der Waals surface area contributed by atoms with Crippen LogP contribution in [0.5, 0.6) is 0 Å². The molecule has 1 aromatic heterocycles. The molecule has 210 valence electrons. The van der Waals surface area contributed by atoms with Crippen LogP contribution in [0.15, 0.2) is 42.5 Å². The van der Waals surface area contributed by atoms with Gasteiger partial charge in [0.2, 0.25) is 0 Å². The first kappa shape index (κ1) is 27.5. The normalized spacial score (nSPS) is 16.9. The summed E-state index contributed by atoms with van der Waals surface area (Å²) in [6.07, 6.45) is 2.00. The number of aryl methyl sites for hydroxylation is 1. The first-order valence-corrected chi connectivity index (χ1v) is 13.6. The zero-order chi connectivity index (χ0) is 28.2. The van der Waals surface area contributed by atoms with E-state index < -0.39 is 11.8 Å². The van der Waals surface area contributed by atoms with Gasteiger partial charge in [-0.05, 0) is 62.6 Å². The Morgan fingerprint density at radius 1 is 1.20 bits per heavy atom. The molecule has 1 amide bonds. The second-order valence-electron chi connectivity index (χ2n) is 9.99. The number of esters is 1. The first-order chi connectivity index (χ1) is 19.4. The largest absolute Gasteiger partial charge is 0.461 e. The molecule has 2 aromatic carbocycles. The molecule has 40 heavy (non-hydrogen) atoms. The van der Waals surface area contributed by atoms with Crippen molar-refractivity contribution >= 4 is 34.4 Å². The van der Waals surface area contributed by atoms with E-state index >= 15 is 0 Å². The fraction of sp³-hybridized carbons (Fsp3) is 0.367. The average molecular weight is 548 g/mol. The lowest BCUT2D eigenvalue weighted by molar-refractivity contribution is -0.110. The number of fused-ring (bicyclic) bond motifs is 1. The SMILES string of the molecule is CCOC(=O)c1[nH]c(/C(=C2\C(=O)Nc3ccc(NC4CCN(CCOC)CC4)cc32)c2cccc(F)c2)nc1C. The van der Waals surface area contributed by atoms with Gasteiger partial charge in [-0.1, -0.05) is 12.1 Å². The molecule has 2 aliphatic heterocycles. The third kappa shape index (κ3) is 5.78. The zero-order valence-corrected chi connectivity index (χ0v) is 23.0. The van der Waals surface area contributed by atoms with Crippen LogP contribution in [0.4, 0.5) is 15.8 Å². The van der Waals surface area contributed by atoms with Crippen molar-refractivity contribution in [1.82, 2.24) is 14.9 Å². The fourth-order valence-corrected chi connectivity index (χ4v) is 5.29. The predicted octanol–water partition coefficient (Wildman–Crippen LogP) is 4.47. The summed E-state index contributed by atoms with van der Waals surface area (Å²) >= 11 is 0. The van der Waals surface area contributed by atoms with Gasteiger partial charge in [-0.25, -0.2) is 14.2 Å². The molecule has 0 atom stereocenters. The van der Waals surface area contributed by atoms with Crippen LogP contribution < -0.4 is 10.6 Å². The highest BCUT2D eigenvalue weighted by Crippen LogP contribution is 2.41. The van der Waals surface area contributed by atoms with Gasteiger partial charge in [0.25, 0.3) is 5.91 Å². The number of nitrogens with zero attached hydrogens (tertiary/aromatic N) is 2. The van der Waals surface area contributed by atoms with Crippen molar-refractivity contribution in [3.05, 3.63) is 76.6 Å². The monoisotopic (exact) mass is 547 g/mol. The number of aromatic amines is 1. The van der Waals surface area contributed by atoms with Crippen molar-refractivity contribution in [3.63, 3.8) is 0 Å². The van der Waals surface area contributed by atoms with Crippen molar-refractivity contribution in [2.24, 2.45) is 0 Å². The number of H-pyrrole nitrogens is 1. The molecule has 0 spiro atoms. The second-order valence-corrected chi connectivity index (χ2v) is 9.99. The number of hydrogen-bond acceptors (Lipinski definition) is 7. The number of piperidine rings is 1. The average Bonchev–Trinajstić information content (AvgIpc) is 3.48. The van der Waals surface area contributed by atoms with Crippen LogP contribution in [0.3, 0.4) is 0 Å². The summed E-state index contributed by atoms with van der Waals surface area (Å²) in [7, 11) is 1.72. The lowest BCUT2D eigenvalue weighted by Gasteiger charge is -2.32. The number of nitrogens with one attached hydrogen (secondary N) is 3. The number of amides is 1. The number of rotatable bonds is 9. The minimum absolute atomic E-state index is 0.192. The van der Waals surface area contributed by atoms with Gasteiger partial charge in [-0.2, -0.15) is 0 Å². The first-order valence-electron chi connectivity index (χ1n) is 13.6. The van der Waals surface area contributed by atoms with E-state index in [2.05, 4.69) is 25.5 Å². The zero-order valence-electron chi connectivity index (χ0n) is 23.0. The highest BCUT2D eigenvalue weighted by atomic mass is 19.1. The molecule has 10 heteroatoms. The lowest BCUT2D eigenvalue weighted by atomic mass is 9.94. The Balaban J connectivity index is 1.52. The standard InChI is InChI=1S/C30H34FN5O4/c1-4-40-30(38)27-18(2)32-28(35-27)25(19-6-5-7-20(31)16-19)26-23-17-22(8-9-24(23)34-29(26)37)33-21-10-12-36(13-11-21)14-15-39-3/h5-9,16-17,21,33H,4,10-15H2,1-3H3,(H,32,35)(H,34,37)/b26-25-. The van der Waals surface area contributed by atoms with Crippen LogP contribution in [0.1, 0.15) is 52.9 Å². The highest BCUT2D eigenvalue weighted by molar-refractivity contribution is 6.38. The maximum Gasteiger partial charge on any atom is 0.356 e. The highest BCUT2D eigenvalue weighted by Gasteiger charge is 2.31. The maximum absolute atomic E-state index is 14.4. The number of halogens is 1. The van der Waals surface area contributed by atoms with Gasteiger partial charge >= 0.3 is 5.97 Å². The summed E-state index contributed by atoms with van der Waals surface area (Å²) in [4.78, 5) is 35.9. The summed E-state index contributed by atoms with van der Waals surface area (Å²) in [5.74, 6) is -1.04. The molecule has 1 fully saturated rings. The van der Waals surface area contributed by atoms with Gasteiger partial charge in [-0.15, -0.1) is 0 Å². The molecule has 2 aliphatic rings. The van der Waals surface area contributed by atoms with Crippen molar-refractivity contribution in [3.8, 4) is 0 Å². The van der Waals surface area contributed by atoms with E-state index in [4.69, 9.17) is 9.47 Å². The maximum atomic E-state index is 14.4. The molecule has 0 aliphatic carbocycles. The minimum Gasteiger partial charge on any atom is -0.461 e. The van der Waals surface area contributed by atoms with Crippen LogP contribution in [0.2, 0.25) is 0 Å². The Kier molecular flexibility index (Phi) is 8.27. The number of carbonyl (C=O) groups excluding carboxylic acids is 2. The Morgan fingerprint density at radius 3 is 2.73 bits per heavy atom. The number of benzene rings is 2.